The molecular formula is C21H15N3S. The number of hydrogen-bond acceptors (Lipinski definition) is 2. The van der Waals surface area contributed by atoms with Crippen molar-refractivity contribution in [3.05, 3.63) is 60.3 Å². The zero-order valence-corrected chi connectivity index (χ0v) is 14.8. The van der Waals surface area contributed by atoms with Crippen LogP contribution in [0.15, 0.2) is 54.7 Å². The first-order valence-electron chi connectivity index (χ1n) is 8.15. The summed E-state index contributed by atoms with van der Waals surface area (Å²) in [6.07, 6.45) is 2.14. The Morgan fingerprint density at radius 3 is 2.36 bits per heavy atom. The van der Waals surface area contributed by atoms with E-state index in [0.717, 1.165) is 31.6 Å². The van der Waals surface area contributed by atoms with Gasteiger partial charge < -0.3 is 9.13 Å². The number of benzene rings is 2. The van der Waals surface area contributed by atoms with Crippen LogP contribution in [0, 0.1) is 11.3 Å². The first-order valence-corrected chi connectivity index (χ1v) is 8.97. The van der Waals surface area contributed by atoms with Crippen LogP contribution in [0.2, 0.25) is 0 Å². The normalized spacial score (nSPS) is 11.6. The lowest BCUT2D eigenvalue weighted by molar-refractivity contribution is 0.970. The van der Waals surface area contributed by atoms with E-state index in [-0.39, 0.29) is 0 Å². The lowest BCUT2D eigenvalue weighted by Gasteiger charge is -1.99. The van der Waals surface area contributed by atoms with Crippen molar-refractivity contribution in [2.45, 2.75) is 0 Å². The Kier molecular flexibility index (Phi) is 2.85. The van der Waals surface area contributed by atoms with Gasteiger partial charge in [-0.3, -0.25) is 0 Å². The van der Waals surface area contributed by atoms with Gasteiger partial charge in [0.1, 0.15) is 10.9 Å². The van der Waals surface area contributed by atoms with Gasteiger partial charge in [-0.2, -0.15) is 5.26 Å². The van der Waals surface area contributed by atoms with Crippen molar-refractivity contribution >= 4 is 43.4 Å². The number of nitrogens with zero attached hydrogens (tertiary/aromatic N) is 3. The van der Waals surface area contributed by atoms with E-state index in [2.05, 4.69) is 71.9 Å². The van der Waals surface area contributed by atoms with E-state index in [4.69, 9.17) is 0 Å². The molecule has 0 fully saturated rings. The van der Waals surface area contributed by atoms with Gasteiger partial charge in [-0.15, -0.1) is 11.3 Å². The molecule has 0 spiro atoms. The van der Waals surface area contributed by atoms with Crippen LogP contribution in [0.25, 0.3) is 42.5 Å². The molecule has 0 N–H and O–H groups in total. The Bertz CT molecular complexity index is 1320. The van der Waals surface area contributed by atoms with Gasteiger partial charge >= 0.3 is 0 Å². The fourth-order valence-electron chi connectivity index (χ4n) is 3.81. The highest BCUT2D eigenvalue weighted by Crippen LogP contribution is 2.45. The van der Waals surface area contributed by atoms with Gasteiger partial charge in [-0.1, -0.05) is 36.4 Å². The first-order chi connectivity index (χ1) is 12.2. The summed E-state index contributed by atoms with van der Waals surface area (Å²) in [5.41, 5.74) is 4.28. The highest BCUT2D eigenvalue weighted by Gasteiger charge is 2.22. The largest absolute Gasteiger partial charge is 0.350 e. The van der Waals surface area contributed by atoms with Crippen LogP contribution in [0.4, 0.5) is 0 Å². The molecule has 3 heterocycles. The topological polar surface area (TPSA) is 33.6 Å². The van der Waals surface area contributed by atoms with E-state index in [9.17, 15) is 5.26 Å². The summed E-state index contributed by atoms with van der Waals surface area (Å²) in [5, 5.41) is 13.4. The minimum atomic E-state index is 0.785. The van der Waals surface area contributed by atoms with Crippen LogP contribution in [0.1, 0.15) is 5.56 Å². The van der Waals surface area contributed by atoms with Crippen molar-refractivity contribution in [1.29, 1.82) is 5.26 Å². The van der Waals surface area contributed by atoms with E-state index in [1.807, 2.05) is 12.1 Å². The van der Waals surface area contributed by atoms with Crippen molar-refractivity contribution in [3.63, 3.8) is 0 Å². The number of thiophene rings is 1. The van der Waals surface area contributed by atoms with Crippen LogP contribution >= 0.6 is 11.3 Å². The summed E-state index contributed by atoms with van der Waals surface area (Å²) in [6, 6.07) is 19.1. The standard InChI is InChI=1S/C21H15N3S/c1-23-12-16(13-7-3-5-9-17(13)23)20-15(11-22)19-14-8-4-6-10-18(14)24(2)21(19)25-20/h3-10,12H,1-2H3. The molecule has 3 aromatic heterocycles. The molecule has 0 aliphatic carbocycles. The number of rotatable bonds is 1. The maximum Gasteiger partial charge on any atom is 0.105 e. The second-order valence-corrected chi connectivity index (χ2v) is 7.34. The zero-order valence-electron chi connectivity index (χ0n) is 13.9. The van der Waals surface area contributed by atoms with Gasteiger partial charge in [-0.05, 0) is 12.1 Å². The van der Waals surface area contributed by atoms with Gasteiger partial charge in [0.2, 0.25) is 0 Å². The fraction of sp³-hybridized carbons (Fsp3) is 0.0952. The van der Waals surface area contributed by atoms with Crippen molar-refractivity contribution in [1.82, 2.24) is 9.13 Å². The van der Waals surface area contributed by atoms with Crippen molar-refractivity contribution in [2.24, 2.45) is 14.1 Å². The van der Waals surface area contributed by atoms with E-state index in [0.29, 0.717) is 0 Å². The Morgan fingerprint density at radius 2 is 1.60 bits per heavy atom. The molecule has 0 bridgehead atoms. The molecular weight excluding hydrogens is 326 g/mol. The van der Waals surface area contributed by atoms with Crippen LogP contribution in [0.5, 0.6) is 0 Å². The quantitative estimate of drug-likeness (QED) is 0.400. The SMILES string of the molecule is Cn1cc(-c2sc3c(c2C#N)c2ccccc2n3C)c2ccccc21. The Balaban J connectivity index is 1.95. The number of para-hydroxylation sites is 2. The molecule has 0 unspecified atom stereocenters. The molecule has 0 saturated heterocycles. The van der Waals surface area contributed by atoms with Gasteiger partial charge in [-0.25, -0.2) is 0 Å². The fourth-order valence-corrected chi connectivity index (χ4v) is 5.08. The molecule has 3 nitrogen and oxygen atoms in total. The molecule has 0 aliphatic rings. The smallest absolute Gasteiger partial charge is 0.105 e. The maximum absolute atomic E-state index is 9.95. The first kappa shape index (κ1) is 14.3. The lowest BCUT2D eigenvalue weighted by Crippen LogP contribution is -1.83. The third kappa shape index (κ3) is 1.79. The summed E-state index contributed by atoms with van der Waals surface area (Å²) >= 11 is 1.71. The summed E-state index contributed by atoms with van der Waals surface area (Å²) in [4.78, 5) is 2.21. The predicted octanol–water partition coefficient (Wildman–Crippen LogP) is 5.42. The molecule has 0 atom stereocenters. The molecule has 2 aromatic carbocycles. The van der Waals surface area contributed by atoms with Crippen LogP contribution in [-0.2, 0) is 14.1 Å². The molecule has 4 heteroatoms. The highest BCUT2D eigenvalue weighted by molar-refractivity contribution is 7.22. The predicted molar refractivity (Wildman–Crippen MR) is 105 cm³/mol. The van der Waals surface area contributed by atoms with Crippen molar-refractivity contribution < 1.29 is 0 Å². The summed E-state index contributed by atoms with van der Waals surface area (Å²) < 4.78 is 4.33. The minimum Gasteiger partial charge on any atom is -0.350 e. The zero-order chi connectivity index (χ0) is 17.1. The van der Waals surface area contributed by atoms with Gasteiger partial charge in [0.25, 0.3) is 0 Å². The van der Waals surface area contributed by atoms with Crippen molar-refractivity contribution in [2.75, 3.05) is 0 Å². The minimum absolute atomic E-state index is 0.785. The summed E-state index contributed by atoms with van der Waals surface area (Å²) in [6.45, 7) is 0. The number of aryl methyl sites for hydroxylation is 2. The van der Waals surface area contributed by atoms with E-state index < -0.39 is 0 Å². The van der Waals surface area contributed by atoms with E-state index in [1.54, 1.807) is 11.3 Å². The second kappa shape index (κ2) is 4.98. The average molecular weight is 341 g/mol. The Hall–Kier alpha value is -3.03. The Labute approximate surface area is 148 Å². The lowest BCUT2D eigenvalue weighted by atomic mass is 10.1. The number of hydrogen-bond donors (Lipinski definition) is 0. The van der Waals surface area contributed by atoms with Crippen LogP contribution in [0.3, 0.4) is 0 Å². The molecule has 5 rings (SSSR count). The monoisotopic (exact) mass is 341 g/mol. The van der Waals surface area contributed by atoms with Crippen molar-refractivity contribution in [3.8, 4) is 16.5 Å². The second-order valence-electron chi connectivity index (χ2n) is 6.35. The molecule has 0 radical (unpaired) electrons. The van der Waals surface area contributed by atoms with E-state index in [1.165, 1.54) is 16.4 Å². The van der Waals surface area contributed by atoms with E-state index >= 15 is 0 Å². The number of aromatic nitrogens is 2. The molecule has 0 saturated carbocycles. The third-order valence-corrected chi connectivity index (χ3v) is 6.28. The maximum atomic E-state index is 9.95. The molecule has 120 valence electrons. The molecule has 25 heavy (non-hydrogen) atoms. The number of fused-ring (bicyclic) bond motifs is 4. The molecule has 0 aliphatic heterocycles. The van der Waals surface area contributed by atoms with Gasteiger partial charge in [0.15, 0.2) is 0 Å². The average Bonchev–Trinajstić information content (AvgIpc) is 3.27. The Morgan fingerprint density at radius 1 is 0.920 bits per heavy atom. The van der Waals surface area contributed by atoms with Crippen LogP contribution in [-0.4, -0.2) is 9.13 Å². The molecule has 5 aromatic rings. The highest BCUT2D eigenvalue weighted by atomic mass is 32.1. The summed E-state index contributed by atoms with van der Waals surface area (Å²) in [5.74, 6) is 0. The summed E-state index contributed by atoms with van der Waals surface area (Å²) in [7, 11) is 4.13. The van der Waals surface area contributed by atoms with Crippen LogP contribution < -0.4 is 0 Å². The third-order valence-electron chi connectivity index (χ3n) is 4.98. The number of nitriles is 1. The van der Waals surface area contributed by atoms with Gasteiger partial charge in [0, 0.05) is 53.0 Å². The molecule has 0 amide bonds. The van der Waals surface area contributed by atoms with Gasteiger partial charge in [0.05, 0.1) is 10.4 Å².